The van der Waals surface area contributed by atoms with Gasteiger partial charge in [0, 0.05) is 44.0 Å². The maximum Gasteiger partial charge on any atom is 0.271 e. The average molecular weight is 363 g/mol. The third-order valence-corrected chi connectivity index (χ3v) is 4.46. The number of nitrogens with two attached hydrogens (primary N) is 1. The van der Waals surface area contributed by atoms with Crippen LogP contribution in [-0.2, 0) is 17.7 Å². The predicted molar refractivity (Wildman–Crippen MR) is 99.2 cm³/mol. The summed E-state index contributed by atoms with van der Waals surface area (Å²) in [5.41, 5.74) is 8.00. The van der Waals surface area contributed by atoms with E-state index in [4.69, 9.17) is 15.2 Å². The van der Waals surface area contributed by atoms with Crippen LogP contribution in [-0.4, -0.2) is 37.8 Å². The molecule has 2 aromatic rings. The van der Waals surface area contributed by atoms with Gasteiger partial charge in [0.05, 0.1) is 11.6 Å². The lowest BCUT2D eigenvalue weighted by Crippen LogP contribution is -2.23. The summed E-state index contributed by atoms with van der Waals surface area (Å²) in [5, 5.41) is 5.54. The van der Waals surface area contributed by atoms with Crippen molar-refractivity contribution in [3.63, 3.8) is 0 Å². The fourth-order valence-electron chi connectivity index (χ4n) is 2.25. The summed E-state index contributed by atoms with van der Waals surface area (Å²) >= 11 is 1.46. The molecular formula is C18H25N3O3S. The van der Waals surface area contributed by atoms with Crippen LogP contribution in [0.5, 0.6) is 5.75 Å². The molecule has 0 saturated carbocycles. The summed E-state index contributed by atoms with van der Waals surface area (Å²) in [6.07, 6.45) is 1.51. The number of aryl methyl sites for hydroxylation is 1. The number of rotatable bonds is 10. The second kappa shape index (κ2) is 10.1. The Kier molecular flexibility index (Phi) is 7.84. The molecular weight excluding hydrogens is 338 g/mol. The predicted octanol–water partition coefficient (Wildman–Crippen LogP) is 2.30. The maximum atomic E-state index is 12.3. The van der Waals surface area contributed by atoms with Crippen molar-refractivity contribution in [3.8, 4) is 5.75 Å². The number of aromatic nitrogens is 1. The molecule has 0 bridgehead atoms. The zero-order valence-corrected chi connectivity index (χ0v) is 15.5. The Bertz CT molecular complexity index is 688. The first-order valence-corrected chi connectivity index (χ1v) is 9.16. The average Bonchev–Trinajstić information content (AvgIpc) is 3.07. The number of ether oxygens (including phenoxy) is 2. The number of amides is 1. The molecule has 0 radical (unpaired) electrons. The highest BCUT2D eigenvalue weighted by Crippen LogP contribution is 2.21. The molecule has 0 unspecified atom stereocenters. The molecule has 25 heavy (non-hydrogen) atoms. The molecule has 0 aliphatic heterocycles. The summed E-state index contributed by atoms with van der Waals surface area (Å²) in [5.74, 6) is 0.601. The smallest absolute Gasteiger partial charge is 0.271 e. The Morgan fingerprint density at radius 1 is 1.36 bits per heavy atom. The van der Waals surface area contributed by atoms with Gasteiger partial charge in [0.15, 0.2) is 0 Å². The normalized spacial score (nSPS) is 10.7. The third kappa shape index (κ3) is 6.12. The Labute approximate surface area is 152 Å². The molecule has 2 rings (SSSR count). The molecule has 6 nitrogen and oxygen atoms in total. The Balaban J connectivity index is 1.95. The quantitative estimate of drug-likeness (QED) is 0.633. The van der Waals surface area contributed by atoms with Crippen molar-refractivity contribution in [1.29, 1.82) is 0 Å². The first-order chi connectivity index (χ1) is 12.1. The number of carbonyl (C=O) groups excluding carboxylic acids is 1. The molecule has 1 aromatic carbocycles. The molecule has 0 saturated heterocycles. The monoisotopic (exact) mass is 363 g/mol. The zero-order valence-electron chi connectivity index (χ0n) is 14.7. The number of nitrogens with one attached hydrogen (secondary N) is 1. The minimum Gasteiger partial charge on any atom is -0.493 e. The van der Waals surface area contributed by atoms with Crippen LogP contribution in [0.2, 0.25) is 0 Å². The number of nitrogens with zero attached hydrogens (tertiary/aromatic N) is 1. The summed E-state index contributed by atoms with van der Waals surface area (Å²) in [6, 6.07) is 5.96. The standard InChI is InChI=1S/C18H25N3O3S/c1-13-4-5-14(16(10-13)24-9-3-8-23-2)11-20-18(22)15-12-25-17(21-15)6-7-19/h4-5,10,12H,3,6-9,11,19H2,1-2H3,(H,20,22). The van der Waals surface area contributed by atoms with E-state index in [2.05, 4.69) is 10.3 Å². The van der Waals surface area contributed by atoms with Crippen molar-refractivity contribution >= 4 is 17.2 Å². The molecule has 0 aliphatic carbocycles. The van der Waals surface area contributed by atoms with Gasteiger partial charge in [-0.3, -0.25) is 4.79 Å². The van der Waals surface area contributed by atoms with E-state index in [1.165, 1.54) is 11.3 Å². The Morgan fingerprint density at radius 2 is 2.20 bits per heavy atom. The van der Waals surface area contributed by atoms with E-state index in [1.807, 2.05) is 25.1 Å². The molecule has 1 heterocycles. The maximum absolute atomic E-state index is 12.3. The highest BCUT2D eigenvalue weighted by atomic mass is 32.1. The van der Waals surface area contributed by atoms with Crippen molar-refractivity contribution in [2.45, 2.75) is 26.3 Å². The van der Waals surface area contributed by atoms with Crippen LogP contribution in [0.1, 0.15) is 33.0 Å². The largest absolute Gasteiger partial charge is 0.493 e. The van der Waals surface area contributed by atoms with Crippen LogP contribution in [0, 0.1) is 6.92 Å². The zero-order chi connectivity index (χ0) is 18.1. The lowest BCUT2D eigenvalue weighted by Gasteiger charge is -2.13. The van der Waals surface area contributed by atoms with Gasteiger partial charge in [0.2, 0.25) is 0 Å². The van der Waals surface area contributed by atoms with Gasteiger partial charge in [-0.15, -0.1) is 11.3 Å². The van der Waals surface area contributed by atoms with Crippen LogP contribution >= 0.6 is 11.3 Å². The lowest BCUT2D eigenvalue weighted by molar-refractivity contribution is 0.0946. The van der Waals surface area contributed by atoms with E-state index in [1.54, 1.807) is 12.5 Å². The molecule has 0 fully saturated rings. The van der Waals surface area contributed by atoms with Crippen LogP contribution in [0.3, 0.4) is 0 Å². The first kappa shape index (κ1) is 19.4. The van der Waals surface area contributed by atoms with Crippen LogP contribution in [0.4, 0.5) is 0 Å². The first-order valence-electron chi connectivity index (χ1n) is 8.28. The second-order valence-electron chi connectivity index (χ2n) is 5.65. The van der Waals surface area contributed by atoms with Gasteiger partial charge >= 0.3 is 0 Å². The number of benzene rings is 1. The van der Waals surface area contributed by atoms with Crippen molar-refractivity contribution in [1.82, 2.24) is 10.3 Å². The van der Waals surface area contributed by atoms with Gasteiger partial charge in [-0.25, -0.2) is 4.98 Å². The molecule has 136 valence electrons. The Morgan fingerprint density at radius 3 is 2.96 bits per heavy atom. The molecule has 1 amide bonds. The van der Waals surface area contributed by atoms with Crippen molar-refractivity contribution in [3.05, 3.63) is 45.4 Å². The van der Waals surface area contributed by atoms with E-state index in [9.17, 15) is 4.79 Å². The fraction of sp³-hybridized carbons (Fsp3) is 0.444. The number of methoxy groups -OCH3 is 1. The van der Waals surface area contributed by atoms with Crippen LogP contribution in [0.25, 0.3) is 0 Å². The minimum atomic E-state index is -0.189. The van der Waals surface area contributed by atoms with Gasteiger partial charge < -0.3 is 20.5 Å². The number of hydrogen-bond acceptors (Lipinski definition) is 6. The van der Waals surface area contributed by atoms with Crippen LogP contribution in [0.15, 0.2) is 23.6 Å². The van der Waals surface area contributed by atoms with Crippen LogP contribution < -0.4 is 15.8 Å². The third-order valence-electron chi connectivity index (χ3n) is 3.56. The van der Waals surface area contributed by atoms with E-state index < -0.39 is 0 Å². The minimum absolute atomic E-state index is 0.189. The number of carbonyl (C=O) groups is 1. The van der Waals surface area contributed by atoms with Gasteiger partial charge in [0.1, 0.15) is 11.4 Å². The second-order valence-corrected chi connectivity index (χ2v) is 6.60. The lowest BCUT2D eigenvalue weighted by atomic mass is 10.1. The van der Waals surface area contributed by atoms with Gasteiger partial charge in [-0.05, 0) is 25.1 Å². The van der Waals surface area contributed by atoms with E-state index >= 15 is 0 Å². The van der Waals surface area contributed by atoms with Crippen molar-refractivity contribution in [2.75, 3.05) is 26.9 Å². The summed E-state index contributed by atoms with van der Waals surface area (Å²) in [6.45, 7) is 4.17. The van der Waals surface area contributed by atoms with E-state index in [0.29, 0.717) is 38.4 Å². The summed E-state index contributed by atoms with van der Waals surface area (Å²) in [7, 11) is 1.67. The van der Waals surface area contributed by atoms with Gasteiger partial charge in [0.25, 0.3) is 5.91 Å². The van der Waals surface area contributed by atoms with E-state index in [-0.39, 0.29) is 5.91 Å². The Hall–Kier alpha value is -1.96. The molecule has 0 aliphatic rings. The highest BCUT2D eigenvalue weighted by molar-refractivity contribution is 7.09. The number of hydrogen-bond donors (Lipinski definition) is 2. The molecule has 7 heteroatoms. The van der Waals surface area contributed by atoms with Gasteiger partial charge in [-0.1, -0.05) is 12.1 Å². The van der Waals surface area contributed by atoms with Crippen molar-refractivity contribution < 1.29 is 14.3 Å². The summed E-state index contributed by atoms with van der Waals surface area (Å²) in [4.78, 5) is 16.6. The molecule has 0 atom stereocenters. The molecule has 0 spiro atoms. The van der Waals surface area contributed by atoms with E-state index in [0.717, 1.165) is 28.3 Å². The SMILES string of the molecule is COCCCOc1cc(C)ccc1CNC(=O)c1csc(CCN)n1. The highest BCUT2D eigenvalue weighted by Gasteiger charge is 2.12. The topological polar surface area (TPSA) is 86.5 Å². The van der Waals surface area contributed by atoms with Gasteiger partial charge in [-0.2, -0.15) is 0 Å². The fourth-order valence-corrected chi connectivity index (χ4v) is 3.04. The summed E-state index contributed by atoms with van der Waals surface area (Å²) < 4.78 is 10.9. The molecule has 1 aromatic heterocycles. The number of thiazole rings is 1. The molecule has 3 N–H and O–H groups in total. The van der Waals surface area contributed by atoms with Crippen molar-refractivity contribution in [2.24, 2.45) is 5.73 Å².